The predicted octanol–water partition coefficient (Wildman–Crippen LogP) is 7.82. The lowest BCUT2D eigenvalue weighted by molar-refractivity contribution is 0.415. The molecule has 0 amide bonds. The zero-order valence-corrected chi connectivity index (χ0v) is 16.4. The largest absolute Gasteiger partial charge is 0.0993 e. The third-order valence-corrected chi connectivity index (χ3v) is 4.42. The molecule has 0 N–H and O–H groups in total. The number of aryl methyl sites for hydroxylation is 1. The van der Waals surface area contributed by atoms with E-state index in [4.69, 9.17) is 0 Å². The molecule has 0 aliphatic carbocycles. The Bertz CT molecular complexity index is 570. The average Bonchev–Trinajstić information content (AvgIpc) is 2.63. The van der Waals surface area contributed by atoms with E-state index in [1.807, 2.05) is 27.7 Å². The first-order chi connectivity index (χ1) is 11.0. The molecule has 0 heteroatoms. The lowest BCUT2D eigenvalue weighted by Crippen LogP contribution is -2.13. The first-order valence-corrected chi connectivity index (χ1v) is 9.19. The molecule has 0 saturated carbocycles. The summed E-state index contributed by atoms with van der Waals surface area (Å²) in [6.45, 7) is 19.1. The molecule has 23 heavy (non-hydrogen) atoms. The van der Waals surface area contributed by atoms with Gasteiger partial charge in [0, 0.05) is 0 Å². The second kappa shape index (κ2) is 11.0. The summed E-state index contributed by atoms with van der Waals surface area (Å²) in [5.41, 5.74) is 3.05. The molecule has 0 spiro atoms. The van der Waals surface area contributed by atoms with Crippen LogP contribution >= 0.6 is 0 Å². The van der Waals surface area contributed by atoms with Gasteiger partial charge in [0.2, 0.25) is 0 Å². The van der Waals surface area contributed by atoms with Gasteiger partial charge in [-0.05, 0) is 41.0 Å². The van der Waals surface area contributed by atoms with E-state index < -0.39 is 0 Å². The van der Waals surface area contributed by atoms with Crippen LogP contribution < -0.4 is 0 Å². The summed E-state index contributed by atoms with van der Waals surface area (Å²) in [6, 6.07) is 15.2. The number of hydrogen-bond donors (Lipinski definition) is 0. The van der Waals surface area contributed by atoms with E-state index in [-0.39, 0.29) is 5.41 Å². The van der Waals surface area contributed by atoms with E-state index in [1.165, 1.54) is 21.9 Å². The molecule has 0 aliphatic heterocycles. The summed E-state index contributed by atoms with van der Waals surface area (Å²) in [7, 11) is 0. The van der Waals surface area contributed by atoms with Crippen LogP contribution in [-0.2, 0) is 6.42 Å². The van der Waals surface area contributed by atoms with Gasteiger partial charge >= 0.3 is 0 Å². The van der Waals surface area contributed by atoms with Crippen LogP contribution in [0.4, 0.5) is 0 Å². The molecular formula is C23H36. The van der Waals surface area contributed by atoms with Crippen LogP contribution in [0.2, 0.25) is 0 Å². The molecule has 0 fully saturated rings. The summed E-state index contributed by atoms with van der Waals surface area (Å²) in [5, 5.41) is 2.72. The van der Waals surface area contributed by atoms with Crippen molar-refractivity contribution in [1.82, 2.24) is 0 Å². The third kappa shape index (κ3) is 6.22. The van der Waals surface area contributed by atoms with Crippen molar-refractivity contribution in [3.05, 3.63) is 60.2 Å². The Morgan fingerprint density at radius 1 is 0.913 bits per heavy atom. The monoisotopic (exact) mass is 312 g/mol. The molecule has 0 aliphatic rings. The summed E-state index contributed by atoms with van der Waals surface area (Å²) >= 11 is 0. The van der Waals surface area contributed by atoms with Gasteiger partial charge in [-0.2, -0.15) is 0 Å². The molecule has 2 aromatic rings. The Labute approximate surface area is 144 Å². The molecule has 0 unspecified atom stereocenters. The van der Waals surface area contributed by atoms with E-state index in [2.05, 4.69) is 69.8 Å². The topological polar surface area (TPSA) is 0 Å². The molecule has 0 saturated heterocycles. The van der Waals surface area contributed by atoms with Crippen LogP contribution in [0, 0.1) is 5.41 Å². The van der Waals surface area contributed by atoms with Gasteiger partial charge in [-0.3, -0.25) is 0 Å². The van der Waals surface area contributed by atoms with Crippen molar-refractivity contribution in [2.45, 2.75) is 67.7 Å². The highest BCUT2D eigenvalue weighted by Gasteiger charge is 2.18. The van der Waals surface area contributed by atoms with E-state index in [9.17, 15) is 0 Å². The molecule has 2 aromatic carbocycles. The fraction of sp³-hybridized carbons (Fsp3) is 0.478. The smallest absolute Gasteiger partial charge is 0.0150 e. The lowest BCUT2D eigenvalue weighted by Gasteiger charge is -2.26. The van der Waals surface area contributed by atoms with Gasteiger partial charge in [0.05, 0.1) is 0 Å². The minimum Gasteiger partial charge on any atom is -0.0993 e. The number of allylic oxidation sites excluding steroid dienone is 1. The molecule has 0 bridgehead atoms. The maximum atomic E-state index is 4.29. The number of hydrogen-bond acceptors (Lipinski definition) is 0. The molecule has 128 valence electrons. The van der Waals surface area contributed by atoms with E-state index in [0.29, 0.717) is 0 Å². The molecule has 0 aromatic heterocycles. The lowest BCUT2D eigenvalue weighted by atomic mass is 9.80. The molecule has 0 heterocycles. The summed E-state index contributed by atoms with van der Waals surface area (Å²) in [5.74, 6) is 0. The highest BCUT2D eigenvalue weighted by Crippen LogP contribution is 2.32. The van der Waals surface area contributed by atoms with Crippen molar-refractivity contribution in [2.75, 3.05) is 0 Å². The Morgan fingerprint density at radius 2 is 1.48 bits per heavy atom. The first kappa shape index (κ1) is 21.4. The quantitative estimate of drug-likeness (QED) is 0.494. The SMILES string of the molecule is C=C(CCc1cccc2ccccc12)C(C)(C)CC.CC.CC. The normalized spacial score (nSPS) is 10.2. The van der Waals surface area contributed by atoms with Crippen LogP contribution in [-0.4, -0.2) is 0 Å². The Hall–Kier alpha value is -1.56. The van der Waals surface area contributed by atoms with Gasteiger partial charge < -0.3 is 0 Å². The Morgan fingerprint density at radius 3 is 2.09 bits per heavy atom. The molecule has 2 rings (SSSR count). The van der Waals surface area contributed by atoms with Crippen LogP contribution in [0.15, 0.2) is 54.6 Å². The molecule has 0 radical (unpaired) electrons. The summed E-state index contributed by atoms with van der Waals surface area (Å²) in [6.07, 6.45) is 3.32. The standard InChI is InChI=1S/C19H24.2C2H6/c1-5-19(3,4)15(2)13-14-17-11-8-10-16-9-6-7-12-18(16)17;2*1-2/h6-12H,2,5,13-14H2,1,3-4H3;2*1-2H3. The first-order valence-electron chi connectivity index (χ1n) is 9.19. The molecule has 0 nitrogen and oxygen atoms in total. The van der Waals surface area contributed by atoms with Gasteiger partial charge in [0.1, 0.15) is 0 Å². The van der Waals surface area contributed by atoms with Crippen molar-refractivity contribution >= 4 is 10.8 Å². The minimum absolute atomic E-state index is 0.255. The minimum atomic E-state index is 0.255. The third-order valence-electron chi connectivity index (χ3n) is 4.42. The zero-order chi connectivity index (χ0) is 17.9. The fourth-order valence-corrected chi connectivity index (χ4v) is 2.38. The van der Waals surface area contributed by atoms with E-state index in [0.717, 1.165) is 19.3 Å². The van der Waals surface area contributed by atoms with Gasteiger partial charge in [-0.25, -0.2) is 0 Å². The number of benzene rings is 2. The highest BCUT2D eigenvalue weighted by atomic mass is 14.2. The van der Waals surface area contributed by atoms with Gasteiger partial charge in [-0.15, -0.1) is 0 Å². The van der Waals surface area contributed by atoms with Crippen molar-refractivity contribution in [3.8, 4) is 0 Å². The maximum absolute atomic E-state index is 4.29. The fourth-order valence-electron chi connectivity index (χ4n) is 2.38. The predicted molar refractivity (Wildman–Crippen MR) is 108 cm³/mol. The second-order valence-electron chi connectivity index (χ2n) is 5.98. The maximum Gasteiger partial charge on any atom is -0.0150 e. The number of rotatable bonds is 5. The molecule has 0 atom stereocenters. The second-order valence-corrected chi connectivity index (χ2v) is 5.98. The van der Waals surface area contributed by atoms with Crippen LogP contribution in [0.1, 0.15) is 66.9 Å². The highest BCUT2D eigenvalue weighted by molar-refractivity contribution is 5.85. The van der Waals surface area contributed by atoms with Crippen molar-refractivity contribution in [3.63, 3.8) is 0 Å². The van der Waals surface area contributed by atoms with Crippen LogP contribution in [0.3, 0.4) is 0 Å². The Kier molecular flexibility index (Phi) is 10.3. The summed E-state index contributed by atoms with van der Waals surface area (Å²) < 4.78 is 0. The van der Waals surface area contributed by atoms with Crippen molar-refractivity contribution in [1.29, 1.82) is 0 Å². The number of fused-ring (bicyclic) bond motifs is 1. The van der Waals surface area contributed by atoms with Crippen molar-refractivity contribution in [2.24, 2.45) is 5.41 Å². The van der Waals surface area contributed by atoms with E-state index >= 15 is 0 Å². The molecular weight excluding hydrogens is 276 g/mol. The van der Waals surface area contributed by atoms with Crippen LogP contribution in [0.5, 0.6) is 0 Å². The van der Waals surface area contributed by atoms with Crippen molar-refractivity contribution < 1.29 is 0 Å². The van der Waals surface area contributed by atoms with Gasteiger partial charge in [0.25, 0.3) is 0 Å². The Balaban J connectivity index is 0.00000112. The van der Waals surface area contributed by atoms with E-state index in [1.54, 1.807) is 0 Å². The van der Waals surface area contributed by atoms with Gasteiger partial charge in [0.15, 0.2) is 0 Å². The average molecular weight is 313 g/mol. The van der Waals surface area contributed by atoms with Gasteiger partial charge in [-0.1, -0.05) is 103 Å². The zero-order valence-electron chi connectivity index (χ0n) is 16.4. The van der Waals surface area contributed by atoms with Crippen LogP contribution in [0.25, 0.3) is 10.8 Å². The summed E-state index contributed by atoms with van der Waals surface area (Å²) in [4.78, 5) is 0.